The first kappa shape index (κ1) is 15.7. The lowest BCUT2D eigenvalue weighted by Gasteiger charge is -2.07. The van der Waals surface area contributed by atoms with Gasteiger partial charge in [0.25, 0.3) is 0 Å². The van der Waals surface area contributed by atoms with Crippen molar-refractivity contribution in [2.24, 2.45) is 14.1 Å². The largest absolute Gasteiger partial charge is 0.340 e. The summed E-state index contributed by atoms with van der Waals surface area (Å²) in [6, 6.07) is 10.5. The minimum Gasteiger partial charge on any atom is -0.340 e. The molecule has 0 saturated heterocycles. The molecule has 1 aliphatic carbocycles. The van der Waals surface area contributed by atoms with Crippen molar-refractivity contribution in [3.8, 4) is 0 Å². The van der Waals surface area contributed by atoms with E-state index in [1.54, 1.807) is 0 Å². The van der Waals surface area contributed by atoms with Crippen LogP contribution in [-0.4, -0.2) is 19.1 Å². The van der Waals surface area contributed by atoms with Gasteiger partial charge in [0, 0.05) is 30.9 Å². The number of imidazole rings is 1. The maximum atomic E-state index is 4.85. The van der Waals surface area contributed by atoms with E-state index in [2.05, 4.69) is 40.1 Å². The zero-order valence-corrected chi connectivity index (χ0v) is 13.9. The number of pyridine rings is 1. The molecule has 5 heteroatoms. The molecule has 0 saturated carbocycles. The molecule has 25 heavy (non-hydrogen) atoms. The lowest BCUT2D eigenvalue weighted by molar-refractivity contribution is 0.824. The van der Waals surface area contributed by atoms with E-state index in [-0.39, 0.29) is 7.43 Å². The molecule has 0 spiro atoms. The van der Waals surface area contributed by atoms with Gasteiger partial charge < -0.3 is 14.5 Å². The Morgan fingerprint density at radius 2 is 1.96 bits per heavy atom. The molecule has 1 aliphatic rings. The lowest BCUT2D eigenvalue weighted by Crippen LogP contribution is -1.98. The fourth-order valence-corrected chi connectivity index (χ4v) is 3.88. The molecular weight excluding hydrogens is 310 g/mol. The van der Waals surface area contributed by atoms with E-state index in [4.69, 9.17) is 4.98 Å². The zero-order chi connectivity index (χ0) is 16.3. The van der Waals surface area contributed by atoms with Gasteiger partial charge in [0.05, 0.1) is 17.4 Å². The van der Waals surface area contributed by atoms with Crippen LogP contribution < -0.4 is 5.32 Å². The molecule has 0 atom stereocenters. The predicted octanol–water partition coefficient (Wildman–Crippen LogP) is 4.33. The molecule has 5 rings (SSSR count). The molecule has 4 aromatic rings. The summed E-state index contributed by atoms with van der Waals surface area (Å²) in [6.45, 7) is 0. The van der Waals surface area contributed by atoms with Crippen molar-refractivity contribution in [1.82, 2.24) is 19.1 Å². The van der Waals surface area contributed by atoms with E-state index in [1.807, 2.05) is 30.1 Å². The molecule has 0 bridgehead atoms. The highest BCUT2D eigenvalue weighted by Crippen LogP contribution is 2.32. The second-order valence-corrected chi connectivity index (χ2v) is 6.59. The third-order valence-corrected chi connectivity index (χ3v) is 5.11. The van der Waals surface area contributed by atoms with E-state index < -0.39 is 0 Å². The molecule has 1 N–H and O–H groups in total. The SMILES string of the molecule is C.Cn1cnc2ccc(Nc3ccc4c5c(n(C)c4n3)CCC5)cc21. The van der Waals surface area contributed by atoms with E-state index in [0.29, 0.717) is 0 Å². The van der Waals surface area contributed by atoms with Crippen LogP contribution in [0.3, 0.4) is 0 Å². The third-order valence-electron chi connectivity index (χ3n) is 5.11. The van der Waals surface area contributed by atoms with Crippen LogP contribution in [0.25, 0.3) is 22.1 Å². The Morgan fingerprint density at radius 3 is 2.84 bits per heavy atom. The summed E-state index contributed by atoms with van der Waals surface area (Å²) >= 11 is 0. The number of nitrogens with zero attached hydrogens (tertiary/aromatic N) is 4. The molecule has 3 aromatic heterocycles. The molecule has 5 nitrogen and oxygen atoms in total. The number of hydrogen-bond acceptors (Lipinski definition) is 3. The predicted molar refractivity (Wildman–Crippen MR) is 103 cm³/mol. The summed E-state index contributed by atoms with van der Waals surface area (Å²) in [7, 11) is 4.14. The van der Waals surface area contributed by atoms with Crippen molar-refractivity contribution < 1.29 is 0 Å². The Kier molecular flexibility index (Phi) is 3.53. The van der Waals surface area contributed by atoms with Gasteiger partial charge in [-0.3, -0.25) is 0 Å². The normalized spacial score (nSPS) is 13.2. The number of aryl methyl sites for hydroxylation is 3. The fraction of sp³-hybridized carbons (Fsp3) is 0.300. The molecule has 0 fully saturated rings. The van der Waals surface area contributed by atoms with Crippen LogP contribution in [0, 0.1) is 0 Å². The van der Waals surface area contributed by atoms with Gasteiger partial charge in [-0.15, -0.1) is 0 Å². The molecule has 0 aliphatic heterocycles. The van der Waals surface area contributed by atoms with Gasteiger partial charge in [0.15, 0.2) is 0 Å². The van der Waals surface area contributed by atoms with Crippen LogP contribution in [0.2, 0.25) is 0 Å². The van der Waals surface area contributed by atoms with Gasteiger partial charge in [-0.25, -0.2) is 9.97 Å². The maximum absolute atomic E-state index is 4.85. The average molecular weight is 333 g/mol. The quantitative estimate of drug-likeness (QED) is 0.594. The van der Waals surface area contributed by atoms with Crippen LogP contribution in [0.5, 0.6) is 0 Å². The van der Waals surface area contributed by atoms with E-state index >= 15 is 0 Å². The molecule has 1 aromatic carbocycles. The highest BCUT2D eigenvalue weighted by molar-refractivity contribution is 5.85. The Balaban J connectivity index is 0.00000157. The Morgan fingerprint density at radius 1 is 1.08 bits per heavy atom. The van der Waals surface area contributed by atoms with Crippen molar-refractivity contribution >= 4 is 33.6 Å². The maximum Gasteiger partial charge on any atom is 0.142 e. The second-order valence-electron chi connectivity index (χ2n) is 6.59. The number of rotatable bonds is 2. The summed E-state index contributed by atoms with van der Waals surface area (Å²) in [6.07, 6.45) is 5.45. The van der Waals surface area contributed by atoms with Crippen LogP contribution >= 0.6 is 0 Å². The van der Waals surface area contributed by atoms with Crippen LogP contribution in [-0.2, 0) is 26.9 Å². The topological polar surface area (TPSA) is 47.7 Å². The number of nitrogens with one attached hydrogen (secondary N) is 1. The molecular formula is C20H23N5. The van der Waals surface area contributed by atoms with Gasteiger partial charge in [-0.1, -0.05) is 7.43 Å². The van der Waals surface area contributed by atoms with Crippen molar-refractivity contribution in [1.29, 1.82) is 0 Å². The first-order valence-electron chi connectivity index (χ1n) is 8.36. The van der Waals surface area contributed by atoms with Gasteiger partial charge >= 0.3 is 0 Å². The molecule has 3 heterocycles. The zero-order valence-electron chi connectivity index (χ0n) is 13.9. The monoisotopic (exact) mass is 333 g/mol. The third kappa shape index (κ3) is 2.30. The summed E-state index contributed by atoms with van der Waals surface area (Å²) < 4.78 is 4.28. The lowest BCUT2D eigenvalue weighted by atomic mass is 10.2. The standard InChI is InChI=1S/C19H19N5.CH4/c1-23-11-20-15-8-6-12(10-17(15)23)21-18-9-7-14-13-4-3-5-16(13)24(2)19(14)22-18;/h6-11H,3-5H2,1-2H3,(H,21,22);1H4. The van der Waals surface area contributed by atoms with Crippen molar-refractivity contribution in [3.63, 3.8) is 0 Å². The van der Waals surface area contributed by atoms with Crippen molar-refractivity contribution in [3.05, 3.63) is 47.9 Å². The molecule has 0 amide bonds. The Bertz CT molecular complexity index is 1090. The van der Waals surface area contributed by atoms with Crippen LogP contribution in [0.4, 0.5) is 11.5 Å². The van der Waals surface area contributed by atoms with Gasteiger partial charge in [0.2, 0.25) is 0 Å². The van der Waals surface area contributed by atoms with Gasteiger partial charge in [-0.2, -0.15) is 0 Å². The summed E-state index contributed by atoms with van der Waals surface area (Å²) in [5.41, 5.74) is 7.16. The number of aromatic nitrogens is 4. The number of hydrogen-bond donors (Lipinski definition) is 1. The smallest absolute Gasteiger partial charge is 0.142 e. The summed E-state index contributed by atoms with van der Waals surface area (Å²) in [4.78, 5) is 9.22. The Labute approximate surface area is 147 Å². The van der Waals surface area contributed by atoms with Crippen LogP contribution in [0.1, 0.15) is 25.1 Å². The van der Waals surface area contributed by atoms with Crippen LogP contribution in [0.15, 0.2) is 36.7 Å². The fourth-order valence-electron chi connectivity index (χ4n) is 3.88. The highest BCUT2D eigenvalue weighted by Gasteiger charge is 2.20. The molecule has 0 radical (unpaired) electrons. The van der Waals surface area contributed by atoms with E-state index in [9.17, 15) is 0 Å². The molecule has 0 unspecified atom stereocenters. The number of fused-ring (bicyclic) bond motifs is 4. The van der Waals surface area contributed by atoms with E-state index in [0.717, 1.165) is 28.2 Å². The summed E-state index contributed by atoms with van der Waals surface area (Å²) in [5.74, 6) is 0.878. The number of benzene rings is 1. The van der Waals surface area contributed by atoms with Gasteiger partial charge in [0.1, 0.15) is 11.5 Å². The minimum absolute atomic E-state index is 0. The Hall–Kier alpha value is -2.82. The minimum atomic E-state index is 0. The molecule has 128 valence electrons. The highest BCUT2D eigenvalue weighted by atomic mass is 15.1. The number of anilines is 2. The first-order chi connectivity index (χ1) is 11.7. The van der Waals surface area contributed by atoms with Crippen molar-refractivity contribution in [2.45, 2.75) is 26.7 Å². The summed E-state index contributed by atoms with van der Waals surface area (Å²) in [5, 5.41) is 4.73. The van der Waals surface area contributed by atoms with Crippen molar-refractivity contribution in [2.75, 3.05) is 5.32 Å². The average Bonchev–Trinajstić information content (AvgIpc) is 3.27. The van der Waals surface area contributed by atoms with E-state index in [1.165, 1.54) is 35.9 Å². The van der Waals surface area contributed by atoms with Gasteiger partial charge in [-0.05, 0) is 55.2 Å². The second kappa shape index (κ2) is 5.62. The first-order valence-corrected chi connectivity index (χ1v) is 8.36.